The lowest BCUT2D eigenvalue weighted by Crippen LogP contribution is -2.35. The number of aromatic nitrogens is 1. The molecule has 1 aliphatic rings. The zero-order chi connectivity index (χ0) is 17.6. The minimum absolute atomic E-state index is 0.0102. The van der Waals surface area contributed by atoms with Crippen LogP contribution in [0.25, 0.3) is 23.5 Å². The Hall–Kier alpha value is -2.14. The van der Waals surface area contributed by atoms with Crippen LogP contribution in [0.15, 0.2) is 43.0 Å². The van der Waals surface area contributed by atoms with Gasteiger partial charge in [-0.2, -0.15) is 0 Å². The van der Waals surface area contributed by atoms with E-state index >= 15 is 0 Å². The van der Waals surface area contributed by atoms with E-state index < -0.39 is 0 Å². The number of rotatable bonds is 6. The molecule has 0 saturated carbocycles. The molecule has 0 atom stereocenters. The Bertz CT molecular complexity index is 738. The Kier molecular flexibility index (Phi) is 5.87. The van der Waals surface area contributed by atoms with Crippen LogP contribution in [0, 0.1) is 0 Å². The second-order valence-electron chi connectivity index (χ2n) is 6.24. The number of nitrogens with zero attached hydrogens (tertiary/aromatic N) is 2. The zero-order valence-electron chi connectivity index (χ0n) is 14.8. The first kappa shape index (κ1) is 17.7. The lowest BCUT2D eigenvalue weighted by Gasteiger charge is -2.26. The van der Waals surface area contributed by atoms with Crippen LogP contribution in [-0.2, 0) is 17.9 Å². The first-order valence-corrected chi connectivity index (χ1v) is 8.76. The van der Waals surface area contributed by atoms with Gasteiger partial charge in [-0.3, -0.25) is 4.90 Å². The molecule has 1 aliphatic heterocycles. The standard InChI is InChI=1S/C21H26N2O2/c1-3-9-23-20(4-2)14-19(16-24)21(23)18-7-5-17(6-8-18)15-22-10-12-25-13-11-22/h3-9,14,24H,2,10-13,15-16H2,1H3/b9-3-. The average molecular weight is 338 g/mol. The number of ether oxygens (including phenoxy) is 1. The molecule has 1 aromatic carbocycles. The van der Waals surface area contributed by atoms with E-state index in [4.69, 9.17) is 4.74 Å². The smallest absolute Gasteiger partial charge is 0.0703 e. The predicted octanol–water partition coefficient (Wildman–Crippen LogP) is 3.61. The molecule has 0 spiro atoms. The van der Waals surface area contributed by atoms with Gasteiger partial charge >= 0.3 is 0 Å². The van der Waals surface area contributed by atoms with E-state index in [2.05, 4.69) is 40.3 Å². The third-order valence-electron chi connectivity index (χ3n) is 4.56. The molecule has 1 saturated heterocycles. The van der Waals surface area contributed by atoms with Crippen molar-refractivity contribution < 1.29 is 9.84 Å². The fourth-order valence-electron chi connectivity index (χ4n) is 3.30. The highest BCUT2D eigenvalue weighted by Gasteiger charge is 2.14. The number of benzene rings is 1. The van der Waals surface area contributed by atoms with E-state index in [1.165, 1.54) is 5.56 Å². The summed E-state index contributed by atoms with van der Waals surface area (Å²) in [6.45, 7) is 10.4. The molecule has 0 aliphatic carbocycles. The summed E-state index contributed by atoms with van der Waals surface area (Å²) in [5, 5.41) is 9.76. The Morgan fingerprint density at radius 1 is 1.20 bits per heavy atom. The van der Waals surface area contributed by atoms with Crippen molar-refractivity contribution in [3.8, 4) is 11.3 Å². The van der Waals surface area contributed by atoms with Crippen molar-refractivity contribution >= 4 is 12.3 Å². The molecule has 25 heavy (non-hydrogen) atoms. The van der Waals surface area contributed by atoms with Gasteiger partial charge in [0.2, 0.25) is 0 Å². The van der Waals surface area contributed by atoms with Gasteiger partial charge in [-0.05, 0) is 30.2 Å². The van der Waals surface area contributed by atoms with Crippen molar-refractivity contribution in [2.45, 2.75) is 20.1 Å². The van der Waals surface area contributed by atoms with Gasteiger partial charge in [0.05, 0.1) is 25.5 Å². The van der Waals surface area contributed by atoms with E-state index in [9.17, 15) is 5.11 Å². The minimum atomic E-state index is 0.0102. The summed E-state index contributed by atoms with van der Waals surface area (Å²) in [4.78, 5) is 2.41. The van der Waals surface area contributed by atoms with Crippen molar-refractivity contribution in [3.05, 3.63) is 59.8 Å². The maximum atomic E-state index is 9.76. The fourth-order valence-corrected chi connectivity index (χ4v) is 3.30. The summed E-state index contributed by atoms with van der Waals surface area (Å²) >= 11 is 0. The number of aliphatic hydroxyl groups excluding tert-OH is 1. The summed E-state index contributed by atoms with van der Waals surface area (Å²) in [6, 6.07) is 10.6. The molecule has 3 rings (SSSR count). The third kappa shape index (κ3) is 3.93. The van der Waals surface area contributed by atoms with Gasteiger partial charge in [-0.15, -0.1) is 0 Å². The highest BCUT2D eigenvalue weighted by Crippen LogP contribution is 2.29. The zero-order valence-corrected chi connectivity index (χ0v) is 14.8. The van der Waals surface area contributed by atoms with Crippen LogP contribution in [0.3, 0.4) is 0 Å². The molecule has 132 valence electrons. The van der Waals surface area contributed by atoms with Crippen molar-refractivity contribution in [2.24, 2.45) is 0 Å². The van der Waals surface area contributed by atoms with Gasteiger partial charge in [0.25, 0.3) is 0 Å². The predicted molar refractivity (Wildman–Crippen MR) is 103 cm³/mol. The van der Waals surface area contributed by atoms with E-state index in [0.29, 0.717) is 0 Å². The first-order chi connectivity index (χ1) is 12.3. The topological polar surface area (TPSA) is 37.6 Å². The number of hydrogen-bond donors (Lipinski definition) is 1. The van der Waals surface area contributed by atoms with E-state index in [0.717, 1.165) is 55.4 Å². The van der Waals surface area contributed by atoms with Crippen molar-refractivity contribution in [2.75, 3.05) is 26.3 Å². The molecule has 2 heterocycles. The molecule has 0 amide bonds. The molecule has 0 radical (unpaired) electrons. The summed E-state index contributed by atoms with van der Waals surface area (Å²) in [5.41, 5.74) is 5.31. The van der Waals surface area contributed by atoms with Gasteiger partial charge in [0.1, 0.15) is 0 Å². The van der Waals surface area contributed by atoms with Gasteiger partial charge in [-0.1, -0.05) is 36.9 Å². The SMILES string of the molecule is C=Cc1cc(CO)c(-c2ccc(CN3CCOCC3)cc2)n1/C=C\C. The first-order valence-electron chi connectivity index (χ1n) is 8.76. The van der Waals surface area contributed by atoms with Gasteiger partial charge < -0.3 is 14.4 Å². The van der Waals surface area contributed by atoms with Gasteiger partial charge in [0, 0.05) is 37.1 Å². The van der Waals surface area contributed by atoms with Crippen molar-refractivity contribution in [1.29, 1.82) is 0 Å². The Morgan fingerprint density at radius 3 is 2.52 bits per heavy atom. The molecule has 1 aromatic heterocycles. The average Bonchev–Trinajstić information content (AvgIpc) is 3.01. The van der Waals surface area contributed by atoms with Crippen LogP contribution in [0.2, 0.25) is 0 Å². The Labute approximate surface area is 149 Å². The molecule has 4 heteroatoms. The van der Waals surface area contributed by atoms with Crippen LogP contribution >= 0.6 is 0 Å². The highest BCUT2D eigenvalue weighted by molar-refractivity contribution is 5.71. The molecular formula is C21H26N2O2. The maximum absolute atomic E-state index is 9.76. The van der Waals surface area contributed by atoms with E-state index in [1.54, 1.807) is 0 Å². The number of aliphatic hydroxyl groups is 1. The number of allylic oxidation sites excluding steroid dienone is 1. The monoisotopic (exact) mass is 338 g/mol. The third-order valence-corrected chi connectivity index (χ3v) is 4.56. The molecule has 4 nitrogen and oxygen atoms in total. The second kappa shape index (κ2) is 8.30. The molecule has 0 unspecified atom stereocenters. The van der Waals surface area contributed by atoms with Crippen LogP contribution < -0.4 is 0 Å². The Morgan fingerprint density at radius 2 is 1.92 bits per heavy atom. The molecular weight excluding hydrogens is 312 g/mol. The van der Waals surface area contributed by atoms with E-state index in [1.807, 2.05) is 31.3 Å². The second-order valence-corrected chi connectivity index (χ2v) is 6.24. The van der Waals surface area contributed by atoms with Gasteiger partial charge in [-0.25, -0.2) is 0 Å². The molecule has 1 fully saturated rings. The summed E-state index contributed by atoms with van der Waals surface area (Å²) in [7, 11) is 0. The normalized spacial score (nSPS) is 15.8. The van der Waals surface area contributed by atoms with E-state index in [-0.39, 0.29) is 6.61 Å². The molecule has 1 N–H and O–H groups in total. The van der Waals surface area contributed by atoms with Crippen LogP contribution in [0.4, 0.5) is 0 Å². The Balaban J connectivity index is 1.88. The van der Waals surface area contributed by atoms with Crippen molar-refractivity contribution in [1.82, 2.24) is 9.47 Å². The molecule has 0 bridgehead atoms. The summed E-state index contributed by atoms with van der Waals surface area (Å²) in [5.74, 6) is 0. The molecule has 2 aromatic rings. The van der Waals surface area contributed by atoms with Crippen LogP contribution in [0.1, 0.15) is 23.7 Å². The van der Waals surface area contributed by atoms with Crippen molar-refractivity contribution in [3.63, 3.8) is 0 Å². The van der Waals surface area contributed by atoms with Gasteiger partial charge in [0.15, 0.2) is 0 Å². The highest BCUT2D eigenvalue weighted by atomic mass is 16.5. The summed E-state index contributed by atoms with van der Waals surface area (Å²) in [6.07, 6.45) is 5.81. The number of morpholine rings is 1. The largest absolute Gasteiger partial charge is 0.392 e. The lowest BCUT2D eigenvalue weighted by molar-refractivity contribution is 0.0342. The number of hydrogen-bond acceptors (Lipinski definition) is 3. The lowest BCUT2D eigenvalue weighted by atomic mass is 10.1. The quantitative estimate of drug-likeness (QED) is 0.874. The minimum Gasteiger partial charge on any atom is -0.392 e. The van der Waals surface area contributed by atoms with Crippen LogP contribution in [0.5, 0.6) is 0 Å². The fraction of sp³-hybridized carbons (Fsp3) is 0.333. The van der Waals surface area contributed by atoms with Crippen LogP contribution in [-0.4, -0.2) is 40.9 Å². The maximum Gasteiger partial charge on any atom is 0.0703 e. The summed E-state index contributed by atoms with van der Waals surface area (Å²) < 4.78 is 7.49.